The molecule has 0 amide bonds. The van der Waals surface area contributed by atoms with E-state index < -0.39 is 0 Å². The van der Waals surface area contributed by atoms with Crippen LogP contribution in [0.5, 0.6) is 0 Å². The number of hydrogen-bond acceptors (Lipinski definition) is 2. The Balaban J connectivity index is 2.56. The van der Waals surface area contributed by atoms with Gasteiger partial charge in [0.25, 0.3) is 0 Å². The fourth-order valence-electron chi connectivity index (χ4n) is 2.16. The zero-order valence-corrected chi connectivity index (χ0v) is 11.2. The Bertz CT molecular complexity index is 787. The Morgan fingerprint density at radius 3 is 2.44 bits per heavy atom. The van der Waals surface area contributed by atoms with Crippen LogP contribution in [0.15, 0.2) is 56.6 Å². The molecule has 18 heavy (non-hydrogen) atoms. The van der Waals surface area contributed by atoms with E-state index in [1.54, 1.807) is 0 Å². The van der Waals surface area contributed by atoms with E-state index in [-0.39, 0.29) is 16.3 Å². The number of hydrogen-bond donors (Lipinski definition) is 1. The highest BCUT2D eigenvalue weighted by Crippen LogP contribution is 2.34. The van der Waals surface area contributed by atoms with Gasteiger partial charge in [0.15, 0.2) is 0 Å². The van der Waals surface area contributed by atoms with Gasteiger partial charge < -0.3 is 4.42 Å². The summed E-state index contributed by atoms with van der Waals surface area (Å²) in [7, 11) is -0.296. The van der Waals surface area contributed by atoms with Gasteiger partial charge in [-0.3, -0.25) is 4.79 Å². The lowest BCUT2D eigenvalue weighted by Gasteiger charge is -2.12. The van der Waals surface area contributed by atoms with E-state index in [1.807, 2.05) is 42.5 Å². The van der Waals surface area contributed by atoms with Crippen LogP contribution < -0.4 is 5.43 Å². The van der Waals surface area contributed by atoms with Gasteiger partial charge in [0.2, 0.25) is 5.43 Å². The Labute approximate surface area is 108 Å². The van der Waals surface area contributed by atoms with Crippen molar-refractivity contribution in [2.75, 3.05) is 12.5 Å². The summed E-state index contributed by atoms with van der Waals surface area (Å²) in [6.45, 7) is 0. The van der Waals surface area contributed by atoms with Crippen LogP contribution in [-0.2, 0) is 0 Å². The van der Waals surface area contributed by atoms with Crippen LogP contribution >= 0.6 is 10.9 Å². The Hall–Kier alpha value is -1.74. The van der Waals surface area contributed by atoms with Crippen LogP contribution in [-0.4, -0.2) is 12.5 Å². The molecule has 0 spiro atoms. The van der Waals surface area contributed by atoms with E-state index >= 15 is 0 Å². The summed E-state index contributed by atoms with van der Waals surface area (Å²) >= 11 is 0. The van der Waals surface area contributed by atoms with E-state index in [4.69, 9.17) is 4.42 Å². The third-order valence-electron chi connectivity index (χ3n) is 3.06. The van der Waals surface area contributed by atoms with Gasteiger partial charge >= 0.3 is 0 Å². The van der Waals surface area contributed by atoms with Crippen LogP contribution in [0.25, 0.3) is 21.9 Å². The summed E-state index contributed by atoms with van der Waals surface area (Å²) in [6, 6.07) is 13.2. The quantitative estimate of drug-likeness (QED) is 0.534. The maximum atomic E-state index is 12.4. The molecule has 2 nitrogen and oxygen atoms in total. The molecule has 0 saturated carbocycles. The van der Waals surface area contributed by atoms with E-state index in [0.29, 0.717) is 16.4 Å². The predicted octanol–water partition coefficient (Wildman–Crippen LogP) is 3.57. The summed E-state index contributed by atoms with van der Waals surface area (Å²) in [6.07, 6.45) is 4.33. The highest BCUT2D eigenvalue weighted by molar-refractivity contribution is 8.16. The smallest absolute Gasteiger partial charge is 0.200 e. The summed E-state index contributed by atoms with van der Waals surface area (Å²) in [5.74, 6) is 0. The molecule has 0 atom stereocenters. The topological polar surface area (TPSA) is 30.2 Å². The Morgan fingerprint density at radius 2 is 1.67 bits per heavy atom. The standard InChI is InChI=1S/C15H14O2S/c1-18(2)13-9-5-7-11-14(16)10-6-3-4-8-12(10)17-15(11)13/h3-9,18H,1-2H3. The third-order valence-corrected chi connectivity index (χ3v) is 4.38. The molecule has 2 aromatic carbocycles. The minimum atomic E-state index is -0.296. The molecule has 0 aliphatic heterocycles. The summed E-state index contributed by atoms with van der Waals surface area (Å²) < 4.78 is 5.94. The molecular formula is C15H14O2S. The number of para-hydroxylation sites is 2. The number of thiol groups is 1. The lowest BCUT2D eigenvalue weighted by Crippen LogP contribution is -2.02. The summed E-state index contributed by atoms with van der Waals surface area (Å²) in [5, 5.41) is 1.33. The average molecular weight is 258 g/mol. The van der Waals surface area contributed by atoms with Gasteiger partial charge in [-0.1, -0.05) is 18.2 Å². The van der Waals surface area contributed by atoms with Gasteiger partial charge in [0.05, 0.1) is 10.8 Å². The zero-order chi connectivity index (χ0) is 12.7. The van der Waals surface area contributed by atoms with Gasteiger partial charge in [-0.2, -0.15) is 0 Å². The van der Waals surface area contributed by atoms with Crippen molar-refractivity contribution < 1.29 is 4.42 Å². The maximum absolute atomic E-state index is 12.4. The molecule has 3 aromatic rings. The lowest BCUT2D eigenvalue weighted by molar-refractivity contribution is 0.651. The lowest BCUT2D eigenvalue weighted by atomic mass is 10.1. The van der Waals surface area contributed by atoms with Crippen LogP contribution in [0.1, 0.15) is 0 Å². The number of benzene rings is 2. The normalized spacial score (nSPS) is 12.0. The van der Waals surface area contributed by atoms with Crippen LogP contribution in [0.4, 0.5) is 0 Å². The van der Waals surface area contributed by atoms with Crippen molar-refractivity contribution in [2.45, 2.75) is 4.90 Å². The van der Waals surface area contributed by atoms with Gasteiger partial charge in [-0.25, -0.2) is 10.9 Å². The van der Waals surface area contributed by atoms with Crippen LogP contribution in [0.2, 0.25) is 0 Å². The molecule has 0 aliphatic rings. The van der Waals surface area contributed by atoms with Crippen molar-refractivity contribution in [1.29, 1.82) is 0 Å². The second-order valence-electron chi connectivity index (χ2n) is 4.48. The Kier molecular flexibility index (Phi) is 2.63. The van der Waals surface area contributed by atoms with Crippen molar-refractivity contribution in [3.8, 4) is 0 Å². The molecule has 0 bridgehead atoms. The average Bonchev–Trinajstić information content (AvgIpc) is 2.38. The van der Waals surface area contributed by atoms with Gasteiger partial charge in [0, 0.05) is 4.90 Å². The first-order chi connectivity index (χ1) is 8.68. The second kappa shape index (κ2) is 4.18. The number of rotatable bonds is 1. The van der Waals surface area contributed by atoms with Crippen molar-refractivity contribution in [2.24, 2.45) is 0 Å². The molecule has 3 rings (SSSR count). The first kappa shape index (κ1) is 11.4. The minimum absolute atomic E-state index is 0.0607. The molecule has 0 radical (unpaired) electrons. The second-order valence-corrected chi connectivity index (χ2v) is 6.75. The highest BCUT2D eigenvalue weighted by atomic mass is 32.2. The molecule has 0 aliphatic carbocycles. The summed E-state index contributed by atoms with van der Waals surface area (Å²) in [4.78, 5) is 13.6. The first-order valence-corrected chi connectivity index (χ1v) is 8.04. The van der Waals surface area contributed by atoms with Gasteiger partial charge in [0.1, 0.15) is 11.2 Å². The van der Waals surface area contributed by atoms with Gasteiger partial charge in [-0.05, 0) is 36.8 Å². The SMILES string of the molecule is C[SH](C)c1cccc2c(=O)c3ccccc3oc12. The monoisotopic (exact) mass is 258 g/mol. The fourth-order valence-corrected chi connectivity index (χ4v) is 3.12. The highest BCUT2D eigenvalue weighted by Gasteiger charge is 2.11. The molecule has 1 heterocycles. The van der Waals surface area contributed by atoms with E-state index in [0.717, 1.165) is 10.5 Å². The van der Waals surface area contributed by atoms with Crippen molar-refractivity contribution in [1.82, 2.24) is 0 Å². The van der Waals surface area contributed by atoms with Crippen LogP contribution in [0.3, 0.4) is 0 Å². The molecule has 0 saturated heterocycles. The largest absolute Gasteiger partial charge is 0.455 e. The van der Waals surface area contributed by atoms with Gasteiger partial charge in [-0.15, -0.1) is 0 Å². The fraction of sp³-hybridized carbons (Fsp3) is 0.133. The molecule has 0 N–H and O–H groups in total. The molecule has 92 valence electrons. The first-order valence-electron chi connectivity index (χ1n) is 5.80. The summed E-state index contributed by atoms with van der Waals surface area (Å²) in [5.41, 5.74) is 1.47. The molecule has 0 unspecified atom stereocenters. The van der Waals surface area contributed by atoms with Crippen molar-refractivity contribution >= 4 is 32.8 Å². The molecule has 3 heteroatoms. The van der Waals surface area contributed by atoms with E-state index in [1.165, 1.54) is 0 Å². The predicted molar refractivity (Wildman–Crippen MR) is 79.1 cm³/mol. The van der Waals surface area contributed by atoms with Crippen LogP contribution in [0, 0.1) is 0 Å². The third kappa shape index (κ3) is 1.63. The maximum Gasteiger partial charge on any atom is 0.200 e. The zero-order valence-electron chi connectivity index (χ0n) is 10.3. The Morgan fingerprint density at radius 1 is 0.944 bits per heavy atom. The minimum Gasteiger partial charge on any atom is -0.455 e. The van der Waals surface area contributed by atoms with E-state index in [2.05, 4.69) is 12.5 Å². The van der Waals surface area contributed by atoms with Crippen molar-refractivity contribution in [3.05, 3.63) is 52.7 Å². The molecule has 0 fully saturated rings. The number of fused-ring (bicyclic) bond motifs is 2. The van der Waals surface area contributed by atoms with E-state index in [9.17, 15) is 4.79 Å². The molecule has 1 aromatic heterocycles. The van der Waals surface area contributed by atoms with Crippen molar-refractivity contribution in [3.63, 3.8) is 0 Å². The molecular weight excluding hydrogens is 244 g/mol.